The van der Waals surface area contributed by atoms with E-state index >= 15 is 0 Å². The highest BCUT2D eigenvalue weighted by Crippen LogP contribution is 2.16. The minimum atomic E-state index is -0.167. The molecule has 2 nitrogen and oxygen atoms in total. The predicted molar refractivity (Wildman–Crippen MR) is 109 cm³/mol. The van der Waals surface area contributed by atoms with Gasteiger partial charge in [0.25, 0.3) is 0 Å². The Kier molecular flexibility index (Phi) is 6.46. The first-order valence-electron chi connectivity index (χ1n) is 8.91. The van der Waals surface area contributed by atoms with Crippen LogP contribution in [0.5, 0.6) is 0 Å². The lowest BCUT2D eigenvalue weighted by atomic mass is 9.55. The molecule has 1 fully saturated rings. The Morgan fingerprint density at radius 3 is 2.08 bits per heavy atom. The first-order valence-corrected chi connectivity index (χ1v) is 9.67. The number of aryl methyl sites for hydroxylation is 2. The van der Waals surface area contributed by atoms with E-state index < -0.39 is 0 Å². The van der Waals surface area contributed by atoms with Crippen molar-refractivity contribution in [3.63, 3.8) is 0 Å². The molecule has 25 heavy (non-hydrogen) atoms. The summed E-state index contributed by atoms with van der Waals surface area (Å²) in [5.41, 5.74) is 4.26. The summed E-state index contributed by atoms with van der Waals surface area (Å²) in [5, 5.41) is 5.07. The van der Waals surface area contributed by atoms with Gasteiger partial charge in [-0.2, -0.15) is 0 Å². The van der Waals surface area contributed by atoms with Crippen LogP contribution in [-0.4, -0.2) is 26.1 Å². The largest absolute Gasteiger partial charge is 0.425 e. The average molecular weight is 376 g/mol. The molecule has 1 aliphatic rings. The summed E-state index contributed by atoms with van der Waals surface area (Å²) in [5.74, 6) is 0. The number of benzene rings is 2. The monoisotopic (exact) mass is 375 g/mol. The van der Waals surface area contributed by atoms with E-state index in [1.807, 2.05) is 38.1 Å². The lowest BCUT2D eigenvalue weighted by molar-refractivity contribution is 0.246. The Labute approximate surface area is 161 Å². The van der Waals surface area contributed by atoms with Crippen molar-refractivity contribution in [2.24, 2.45) is 0 Å². The quantitative estimate of drug-likeness (QED) is 0.800. The first-order chi connectivity index (χ1) is 12.0. The van der Waals surface area contributed by atoms with Crippen molar-refractivity contribution in [3.05, 3.63) is 57.6 Å². The second kappa shape index (κ2) is 8.59. The van der Waals surface area contributed by atoms with Gasteiger partial charge in [0, 0.05) is 22.7 Å². The average Bonchev–Trinajstić information content (AvgIpc) is 2.62. The van der Waals surface area contributed by atoms with Crippen molar-refractivity contribution in [2.75, 3.05) is 13.2 Å². The molecule has 0 radical (unpaired) electrons. The normalized spacial score (nSPS) is 17.5. The lowest BCUT2D eigenvalue weighted by Gasteiger charge is -2.26. The van der Waals surface area contributed by atoms with Crippen LogP contribution in [-0.2, 0) is 4.65 Å². The molecule has 132 valence electrons. The van der Waals surface area contributed by atoms with Crippen LogP contribution in [0.1, 0.15) is 30.4 Å². The van der Waals surface area contributed by atoms with Crippen LogP contribution in [0.4, 0.5) is 0 Å². The number of halogens is 2. The van der Waals surface area contributed by atoms with Crippen LogP contribution in [0, 0.1) is 13.8 Å². The minimum absolute atomic E-state index is 0.167. The molecule has 1 N–H and O–H groups in total. The van der Waals surface area contributed by atoms with E-state index in [-0.39, 0.29) is 6.92 Å². The van der Waals surface area contributed by atoms with Crippen LogP contribution in [0.15, 0.2) is 36.4 Å². The van der Waals surface area contributed by atoms with E-state index in [0.717, 1.165) is 45.1 Å². The molecular weight excluding hydrogens is 352 g/mol. The Bertz CT molecular complexity index is 680. The topological polar surface area (TPSA) is 21.3 Å². The Hall–Kier alpha value is -0.995. The molecule has 2 aromatic rings. The fourth-order valence-electron chi connectivity index (χ4n) is 3.21. The summed E-state index contributed by atoms with van der Waals surface area (Å²) in [6.45, 7) is 5.61. The number of nitrogens with one attached hydrogen (secondary N) is 1. The highest BCUT2D eigenvalue weighted by Gasteiger charge is 2.25. The highest BCUT2D eigenvalue weighted by atomic mass is 35.5. The molecule has 0 aliphatic carbocycles. The number of rotatable bonds is 5. The van der Waals surface area contributed by atoms with Gasteiger partial charge in [0.2, 0.25) is 0 Å². The van der Waals surface area contributed by atoms with Gasteiger partial charge in [0.15, 0.2) is 0 Å². The Balaban J connectivity index is 1.86. The van der Waals surface area contributed by atoms with Crippen molar-refractivity contribution in [1.29, 1.82) is 0 Å². The molecule has 1 aliphatic heterocycles. The molecule has 3 rings (SSSR count). The highest BCUT2D eigenvalue weighted by molar-refractivity contribution is 6.80. The van der Waals surface area contributed by atoms with E-state index in [0.29, 0.717) is 12.6 Å². The van der Waals surface area contributed by atoms with Crippen LogP contribution < -0.4 is 16.2 Å². The van der Waals surface area contributed by atoms with Crippen molar-refractivity contribution < 1.29 is 4.65 Å². The van der Waals surface area contributed by atoms with Crippen molar-refractivity contribution in [2.45, 2.75) is 39.2 Å². The summed E-state index contributed by atoms with van der Waals surface area (Å²) >= 11 is 12.7. The minimum Gasteiger partial charge on any atom is -0.425 e. The Morgan fingerprint density at radius 2 is 1.60 bits per heavy atom. The molecule has 2 aromatic carbocycles. The fourth-order valence-corrected chi connectivity index (χ4v) is 3.59. The standard InChI is InChI=1S/C20H24BCl2NO/c1-14-6-8-16(11-19(14)22)21(17-9-7-15(2)20(23)12-17)25-13-18-5-3-4-10-24-18/h6-9,11-12,18,24H,3-5,10,13H2,1-2H3. The molecule has 0 spiro atoms. The fraction of sp³-hybridized carbons (Fsp3) is 0.400. The van der Waals surface area contributed by atoms with Gasteiger partial charge in [-0.25, -0.2) is 0 Å². The van der Waals surface area contributed by atoms with E-state index in [2.05, 4.69) is 17.4 Å². The summed E-state index contributed by atoms with van der Waals surface area (Å²) in [4.78, 5) is 0. The zero-order valence-corrected chi connectivity index (χ0v) is 16.3. The molecule has 1 unspecified atom stereocenters. The van der Waals surface area contributed by atoms with Gasteiger partial charge in [0.05, 0.1) is 0 Å². The molecule has 0 bridgehead atoms. The second-order valence-electron chi connectivity index (χ2n) is 6.88. The maximum Gasteiger partial charge on any atom is 0.361 e. The molecule has 1 atom stereocenters. The number of hydrogen-bond acceptors (Lipinski definition) is 2. The molecule has 0 aromatic heterocycles. The van der Waals surface area contributed by atoms with E-state index in [4.69, 9.17) is 27.9 Å². The molecular formula is C20H24BCl2NO. The molecule has 1 saturated heterocycles. The lowest BCUT2D eigenvalue weighted by Crippen LogP contribution is -2.48. The van der Waals surface area contributed by atoms with Gasteiger partial charge in [-0.3, -0.25) is 0 Å². The molecule has 1 heterocycles. The van der Waals surface area contributed by atoms with Gasteiger partial charge < -0.3 is 9.97 Å². The van der Waals surface area contributed by atoms with Crippen LogP contribution >= 0.6 is 23.2 Å². The smallest absolute Gasteiger partial charge is 0.361 e. The van der Waals surface area contributed by atoms with Crippen molar-refractivity contribution >= 4 is 41.0 Å². The van der Waals surface area contributed by atoms with Gasteiger partial charge in [-0.1, -0.05) is 53.9 Å². The Morgan fingerprint density at radius 1 is 1.00 bits per heavy atom. The van der Waals surface area contributed by atoms with Gasteiger partial charge in [0.1, 0.15) is 0 Å². The zero-order valence-electron chi connectivity index (χ0n) is 14.8. The van der Waals surface area contributed by atoms with E-state index in [1.54, 1.807) is 0 Å². The van der Waals surface area contributed by atoms with Crippen molar-refractivity contribution in [3.8, 4) is 0 Å². The molecule has 0 amide bonds. The van der Waals surface area contributed by atoms with E-state index in [1.165, 1.54) is 12.8 Å². The van der Waals surface area contributed by atoms with Crippen LogP contribution in [0.3, 0.4) is 0 Å². The van der Waals surface area contributed by atoms with Gasteiger partial charge >= 0.3 is 6.92 Å². The summed E-state index contributed by atoms with van der Waals surface area (Å²) in [6, 6.07) is 12.7. The summed E-state index contributed by atoms with van der Waals surface area (Å²) in [6.07, 6.45) is 3.68. The van der Waals surface area contributed by atoms with Crippen molar-refractivity contribution in [1.82, 2.24) is 5.32 Å². The SMILES string of the molecule is Cc1ccc(B(OCC2CCCCN2)c2ccc(C)c(Cl)c2)cc1Cl. The maximum atomic E-state index is 6.36. The summed E-state index contributed by atoms with van der Waals surface area (Å²) < 4.78 is 6.36. The third-order valence-corrected chi connectivity index (χ3v) is 5.69. The maximum absolute atomic E-state index is 6.36. The number of piperidine rings is 1. The van der Waals surface area contributed by atoms with Gasteiger partial charge in [-0.15, -0.1) is 0 Å². The van der Waals surface area contributed by atoms with Crippen LogP contribution in [0.2, 0.25) is 10.0 Å². The van der Waals surface area contributed by atoms with Crippen LogP contribution in [0.25, 0.3) is 0 Å². The third kappa shape index (κ3) is 4.80. The third-order valence-electron chi connectivity index (χ3n) is 4.87. The number of hydrogen-bond donors (Lipinski definition) is 1. The zero-order chi connectivity index (χ0) is 17.8. The first kappa shape index (κ1) is 18.8. The van der Waals surface area contributed by atoms with E-state index in [9.17, 15) is 0 Å². The second-order valence-corrected chi connectivity index (χ2v) is 7.69. The van der Waals surface area contributed by atoms with Gasteiger partial charge in [-0.05, 0) is 67.4 Å². The molecule has 5 heteroatoms. The predicted octanol–water partition coefficient (Wildman–Crippen LogP) is 3.87. The summed E-state index contributed by atoms with van der Waals surface area (Å²) in [7, 11) is 0. The molecule has 0 saturated carbocycles.